The Bertz CT molecular complexity index is 2010. The Kier molecular flexibility index (Phi) is 2.91. The highest BCUT2D eigenvalue weighted by atomic mass is 32.1. The molecule has 0 bridgehead atoms. The van der Waals surface area contributed by atoms with Crippen molar-refractivity contribution in [1.82, 2.24) is 14.4 Å². The first-order valence-electron chi connectivity index (χ1n) is 10.2. The molecule has 0 aliphatic heterocycles. The summed E-state index contributed by atoms with van der Waals surface area (Å²) < 4.78 is 7.57. The van der Waals surface area contributed by atoms with Crippen molar-refractivity contribution in [1.29, 1.82) is 0 Å². The summed E-state index contributed by atoms with van der Waals surface area (Å²) in [6, 6.07) is 20.2. The van der Waals surface area contributed by atoms with Crippen molar-refractivity contribution in [3.63, 3.8) is 0 Å². The van der Waals surface area contributed by atoms with Gasteiger partial charge in [-0.05, 0) is 41.8 Å². The van der Waals surface area contributed by atoms with E-state index in [0.717, 1.165) is 11.0 Å². The van der Waals surface area contributed by atoms with Crippen molar-refractivity contribution in [2.24, 2.45) is 0 Å². The molecule has 0 aliphatic rings. The zero-order valence-corrected chi connectivity index (χ0v) is 17.8. The number of imidazole rings is 1. The van der Waals surface area contributed by atoms with Gasteiger partial charge in [-0.2, -0.15) is 0 Å². The molecule has 0 atom stereocenters. The van der Waals surface area contributed by atoms with E-state index in [9.17, 15) is 0 Å². The third-order valence-corrected chi connectivity index (χ3v) is 8.60. The molecule has 0 saturated heterocycles. The Morgan fingerprint density at radius 2 is 1.48 bits per heavy atom. The molecular formula is C26H13N3S2. The largest absolute Gasteiger partial charge is 0.299 e. The van der Waals surface area contributed by atoms with Gasteiger partial charge in [-0.15, -0.1) is 22.7 Å². The molecule has 5 heteroatoms. The van der Waals surface area contributed by atoms with Gasteiger partial charge in [0, 0.05) is 75.9 Å². The van der Waals surface area contributed by atoms with Gasteiger partial charge in [0.2, 0.25) is 0 Å². The highest BCUT2D eigenvalue weighted by molar-refractivity contribution is 7.28. The normalized spacial score (nSPS) is 12.5. The molecule has 3 aromatic carbocycles. The summed E-state index contributed by atoms with van der Waals surface area (Å²) in [7, 11) is 0. The SMILES string of the molecule is c1ccc2c(c1)sc1ccc3sc4cc5c6ccncc6c6nccn6c5cc4c3c12. The molecule has 0 radical (unpaired) electrons. The second kappa shape index (κ2) is 5.58. The minimum atomic E-state index is 0.959. The number of nitrogens with zero attached hydrogens (tertiary/aromatic N) is 3. The van der Waals surface area contributed by atoms with E-state index in [-0.39, 0.29) is 0 Å². The van der Waals surface area contributed by atoms with Gasteiger partial charge in [-0.3, -0.25) is 9.38 Å². The molecule has 8 rings (SSSR count). The topological polar surface area (TPSA) is 30.2 Å². The van der Waals surface area contributed by atoms with E-state index in [1.54, 1.807) is 0 Å². The highest BCUT2D eigenvalue weighted by Gasteiger charge is 2.16. The first-order chi connectivity index (χ1) is 15.4. The second-order valence-electron chi connectivity index (χ2n) is 7.92. The maximum Gasteiger partial charge on any atom is 0.146 e. The van der Waals surface area contributed by atoms with Crippen molar-refractivity contribution < 1.29 is 0 Å². The summed E-state index contributed by atoms with van der Waals surface area (Å²) in [5.41, 5.74) is 2.15. The smallest absolute Gasteiger partial charge is 0.146 e. The average molecular weight is 432 g/mol. The van der Waals surface area contributed by atoms with E-state index < -0.39 is 0 Å². The molecule has 0 aliphatic carbocycles. The van der Waals surface area contributed by atoms with E-state index in [0.29, 0.717) is 0 Å². The van der Waals surface area contributed by atoms with Crippen LogP contribution in [0, 0.1) is 0 Å². The van der Waals surface area contributed by atoms with Crippen LogP contribution in [0.4, 0.5) is 0 Å². The standard InChI is InChI=1S/C26H13N3S2/c1-2-4-20-15(3-1)24-21(30-20)5-6-22-25(24)17-11-19-16(12-23(17)31-22)14-7-8-27-13-18(14)26-28-9-10-29(19)26/h1-13H. The molecule has 144 valence electrons. The number of hydrogen-bond acceptors (Lipinski definition) is 4. The molecule has 0 saturated carbocycles. The molecule has 8 aromatic rings. The minimum absolute atomic E-state index is 0.959. The van der Waals surface area contributed by atoms with Crippen LogP contribution in [0.25, 0.3) is 67.7 Å². The number of benzene rings is 3. The first-order valence-corrected chi connectivity index (χ1v) is 11.8. The fourth-order valence-corrected chi connectivity index (χ4v) is 7.28. The number of thiophene rings is 2. The highest BCUT2D eigenvalue weighted by Crippen LogP contribution is 2.45. The Hall–Kier alpha value is -3.54. The van der Waals surface area contributed by atoms with E-state index in [2.05, 4.69) is 75.2 Å². The molecule has 5 aromatic heterocycles. The predicted octanol–water partition coefficient (Wildman–Crippen LogP) is 7.77. The fraction of sp³-hybridized carbons (Fsp3) is 0. The molecule has 5 heterocycles. The minimum Gasteiger partial charge on any atom is -0.299 e. The van der Waals surface area contributed by atoms with Crippen molar-refractivity contribution in [3.05, 3.63) is 79.4 Å². The third kappa shape index (κ3) is 1.98. The molecule has 0 amide bonds. The van der Waals surface area contributed by atoms with Crippen LogP contribution in [0.1, 0.15) is 0 Å². The number of rotatable bonds is 0. The molecule has 31 heavy (non-hydrogen) atoms. The molecule has 0 unspecified atom stereocenters. The summed E-state index contributed by atoms with van der Waals surface area (Å²) in [5, 5.41) is 8.97. The van der Waals surface area contributed by atoms with Gasteiger partial charge in [0.05, 0.1) is 5.52 Å². The molecule has 0 N–H and O–H groups in total. The Balaban J connectivity index is 1.67. The van der Waals surface area contributed by atoms with E-state index >= 15 is 0 Å². The Labute approximate surface area is 183 Å². The molecule has 3 nitrogen and oxygen atoms in total. The molecule has 0 fully saturated rings. The van der Waals surface area contributed by atoms with Gasteiger partial charge < -0.3 is 0 Å². The van der Waals surface area contributed by atoms with Crippen LogP contribution in [0.2, 0.25) is 0 Å². The van der Waals surface area contributed by atoms with Crippen molar-refractivity contribution >= 4 is 90.3 Å². The van der Waals surface area contributed by atoms with Crippen LogP contribution in [0.15, 0.2) is 79.4 Å². The Morgan fingerprint density at radius 1 is 0.645 bits per heavy atom. The van der Waals surface area contributed by atoms with Crippen LogP contribution >= 0.6 is 22.7 Å². The van der Waals surface area contributed by atoms with Crippen molar-refractivity contribution in [2.75, 3.05) is 0 Å². The third-order valence-electron chi connectivity index (χ3n) is 6.34. The lowest BCUT2D eigenvalue weighted by atomic mass is 10.0. The van der Waals surface area contributed by atoms with Gasteiger partial charge in [0.15, 0.2) is 0 Å². The number of fused-ring (bicyclic) bond motifs is 13. The molecular weight excluding hydrogens is 418 g/mol. The monoisotopic (exact) mass is 431 g/mol. The predicted molar refractivity (Wildman–Crippen MR) is 134 cm³/mol. The lowest BCUT2D eigenvalue weighted by Gasteiger charge is -2.08. The lowest BCUT2D eigenvalue weighted by molar-refractivity contribution is 1.27. The van der Waals surface area contributed by atoms with Crippen LogP contribution in [0.5, 0.6) is 0 Å². The van der Waals surface area contributed by atoms with Gasteiger partial charge in [0.25, 0.3) is 0 Å². The fourth-order valence-electron chi connectivity index (χ4n) is 5.04. The zero-order chi connectivity index (χ0) is 20.1. The van der Waals surface area contributed by atoms with Crippen LogP contribution < -0.4 is 0 Å². The van der Waals surface area contributed by atoms with Gasteiger partial charge >= 0.3 is 0 Å². The van der Waals surface area contributed by atoms with Crippen LogP contribution in [-0.4, -0.2) is 14.4 Å². The summed E-state index contributed by atoms with van der Waals surface area (Å²) in [6.07, 6.45) is 7.73. The van der Waals surface area contributed by atoms with Crippen molar-refractivity contribution in [3.8, 4) is 0 Å². The average Bonchev–Trinajstić information content (AvgIpc) is 3.52. The van der Waals surface area contributed by atoms with E-state index in [1.807, 2.05) is 41.3 Å². The van der Waals surface area contributed by atoms with Gasteiger partial charge in [-0.25, -0.2) is 4.98 Å². The Morgan fingerprint density at radius 3 is 2.42 bits per heavy atom. The van der Waals surface area contributed by atoms with Crippen LogP contribution in [-0.2, 0) is 0 Å². The summed E-state index contributed by atoms with van der Waals surface area (Å²) in [5.74, 6) is 0. The number of aromatic nitrogens is 3. The van der Waals surface area contributed by atoms with Crippen molar-refractivity contribution in [2.45, 2.75) is 0 Å². The summed E-state index contributed by atoms with van der Waals surface area (Å²) in [4.78, 5) is 8.99. The maximum atomic E-state index is 4.64. The van der Waals surface area contributed by atoms with E-state index in [1.165, 1.54) is 56.6 Å². The lowest BCUT2D eigenvalue weighted by Crippen LogP contribution is -1.91. The quantitative estimate of drug-likeness (QED) is 0.230. The van der Waals surface area contributed by atoms with Crippen LogP contribution in [0.3, 0.4) is 0 Å². The number of pyridine rings is 2. The summed E-state index contributed by atoms with van der Waals surface area (Å²) >= 11 is 3.76. The van der Waals surface area contributed by atoms with Gasteiger partial charge in [-0.1, -0.05) is 18.2 Å². The van der Waals surface area contributed by atoms with Gasteiger partial charge in [0.1, 0.15) is 5.65 Å². The number of hydrogen-bond donors (Lipinski definition) is 0. The second-order valence-corrected chi connectivity index (χ2v) is 10.1. The molecule has 0 spiro atoms. The first kappa shape index (κ1) is 16.2. The zero-order valence-electron chi connectivity index (χ0n) is 16.2. The summed E-state index contributed by atoms with van der Waals surface area (Å²) in [6.45, 7) is 0. The maximum absolute atomic E-state index is 4.64. The van der Waals surface area contributed by atoms with E-state index in [4.69, 9.17) is 0 Å².